The van der Waals surface area contributed by atoms with Gasteiger partial charge in [0.15, 0.2) is 0 Å². The minimum Gasteiger partial charge on any atom is -0.388 e. The van der Waals surface area contributed by atoms with Crippen molar-refractivity contribution in [2.75, 3.05) is 5.32 Å². The summed E-state index contributed by atoms with van der Waals surface area (Å²) in [6.45, 7) is 0. The Kier molecular flexibility index (Phi) is 5.97. The molecule has 0 aliphatic heterocycles. The van der Waals surface area contributed by atoms with Crippen molar-refractivity contribution in [2.24, 2.45) is 0 Å². The molecule has 0 amide bonds. The molecule has 144 valence electrons. The van der Waals surface area contributed by atoms with Crippen LogP contribution in [0, 0.1) is 20.2 Å². The maximum Gasteiger partial charge on any atom is 0.269 e. The first kappa shape index (κ1) is 19.5. The van der Waals surface area contributed by atoms with Crippen LogP contribution in [0.3, 0.4) is 0 Å². The van der Waals surface area contributed by atoms with E-state index in [2.05, 4.69) is 5.32 Å². The average molecular weight is 399 g/mol. The van der Waals surface area contributed by atoms with Crippen LogP contribution in [0.25, 0.3) is 0 Å². The minimum atomic E-state index is -0.835. The van der Waals surface area contributed by atoms with Crippen LogP contribution >= 0.6 is 11.3 Å². The van der Waals surface area contributed by atoms with E-state index in [1.165, 1.54) is 35.6 Å². The van der Waals surface area contributed by atoms with Gasteiger partial charge in [0.05, 0.1) is 22.0 Å². The smallest absolute Gasteiger partial charge is 0.269 e. The molecule has 0 saturated carbocycles. The number of nitro benzene ring substituents is 2. The number of hydrogen-bond acceptors (Lipinski definition) is 7. The van der Waals surface area contributed by atoms with Gasteiger partial charge in [0.1, 0.15) is 0 Å². The Morgan fingerprint density at radius 3 is 2.00 bits per heavy atom. The molecule has 0 unspecified atom stereocenters. The zero-order valence-electron chi connectivity index (χ0n) is 14.6. The first-order valence-electron chi connectivity index (χ1n) is 8.41. The van der Waals surface area contributed by atoms with E-state index >= 15 is 0 Å². The van der Waals surface area contributed by atoms with Crippen molar-refractivity contribution in [3.05, 3.63) is 96.7 Å². The predicted molar refractivity (Wildman–Crippen MR) is 106 cm³/mol. The molecular weight excluding hydrogens is 382 g/mol. The van der Waals surface area contributed by atoms with E-state index in [0.717, 1.165) is 4.88 Å². The molecule has 1 heterocycles. The van der Waals surface area contributed by atoms with E-state index in [1.807, 2.05) is 17.5 Å². The van der Waals surface area contributed by atoms with E-state index in [0.29, 0.717) is 17.7 Å². The van der Waals surface area contributed by atoms with Gasteiger partial charge in [-0.15, -0.1) is 11.3 Å². The minimum absolute atomic E-state index is 0.00383. The molecule has 8 nitrogen and oxygen atoms in total. The SMILES string of the molecule is O=[N+]([O-])c1ccc(N[C@H](C[C@@H](O)c2ccc([N+](=O)[O-])cc2)c2cccs2)cc1. The number of non-ortho nitro benzene ring substituents is 2. The number of nitrogens with zero attached hydrogens (tertiary/aromatic N) is 2. The zero-order valence-corrected chi connectivity index (χ0v) is 15.4. The molecule has 0 bridgehead atoms. The number of hydrogen-bond donors (Lipinski definition) is 2. The third-order valence-electron chi connectivity index (χ3n) is 4.25. The van der Waals surface area contributed by atoms with Crippen molar-refractivity contribution >= 4 is 28.4 Å². The summed E-state index contributed by atoms with van der Waals surface area (Å²) >= 11 is 1.53. The molecule has 0 radical (unpaired) electrons. The summed E-state index contributed by atoms with van der Waals surface area (Å²) in [5.74, 6) is 0. The molecule has 0 aliphatic rings. The Bertz CT molecular complexity index is 943. The van der Waals surface area contributed by atoms with Crippen LogP contribution in [-0.4, -0.2) is 15.0 Å². The fraction of sp³-hybridized carbons (Fsp3) is 0.158. The van der Waals surface area contributed by atoms with Crippen LogP contribution in [0.4, 0.5) is 17.1 Å². The normalized spacial score (nSPS) is 12.9. The number of thiophene rings is 1. The quantitative estimate of drug-likeness (QED) is 0.413. The lowest BCUT2D eigenvalue weighted by Gasteiger charge is -2.22. The summed E-state index contributed by atoms with van der Waals surface area (Å²) < 4.78 is 0. The van der Waals surface area contributed by atoms with Crippen molar-refractivity contribution < 1.29 is 15.0 Å². The molecule has 2 atom stereocenters. The van der Waals surface area contributed by atoms with E-state index in [4.69, 9.17) is 0 Å². The van der Waals surface area contributed by atoms with Gasteiger partial charge in [-0.05, 0) is 41.3 Å². The van der Waals surface area contributed by atoms with Gasteiger partial charge in [-0.3, -0.25) is 20.2 Å². The van der Waals surface area contributed by atoms with E-state index < -0.39 is 16.0 Å². The van der Waals surface area contributed by atoms with Crippen molar-refractivity contribution in [1.82, 2.24) is 0 Å². The van der Waals surface area contributed by atoms with Crippen molar-refractivity contribution in [2.45, 2.75) is 18.6 Å². The first-order chi connectivity index (χ1) is 13.4. The Balaban J connectivity index is 1.76. The van der Waals surface area contributed by atoms with E-state index in [-0.39, 0.29) is 17.4 Å². The summed E-state index contributed by atoms with van der Waals surface area (Å²) in [5.41, 5.74) is 1.25. The van der Waals surface area contributed by atoms with Crippen LogP contribution in [0.1, 0.15) is 29.0 Å². The topological polar surface area (TPSA) is 119 Å². The molecule has 1 aromatic heterocycles. The highest BCUT2D eigenvalue weighted by Gasteiger charge is 2.20. The molecule has 2 aromatic carbocycles. The highest BCUT2D eigenvalue weighted by atomic mass is 32.1. The van der Waals surface area contributed by atoms with Gasteiger partial charge in [-0.1, -0.05) is 6.07 Å². The molecule has 9 heteroatoms. The third-order valence-corrected chi connectivity index (χ3v) is 5.24. The summed E-state index contributed by atoms with van der Waals surface area (Å²) in [7, 11) is 0. The Labute approximate surface area is 164 Å². The molecule has 3 rings (SSSR count). The van der Waals surface area contributed by atoms with Crippen molar-refractivity contribution in [3.63, 3.8) is 0 Å². The third kappa shape index (κ3) is 4.70. The zero-order chi connectivity index (χ0) is 20.1. The largest absolute Gasteiger partial charge is 0.388 e. The molecule has 28 heavy (non-hydrogen) atoms. The molecule has 2 N–H and O–H groups in total. The lowest BCUT2D eigenvalue weighted by Crippen LogP contribution is -2.14. The van der Waals surface area contributed by atoms with Gasteiger partial charge >= 0.3 is 0 Å². The van der Waals surface area contributed by atoms with Gasteiger partial charge in [-0.2, -0.15) is 0 Å². The van der Waals surface area contributed by atoms with Gasteiger partial charge in [0.25, 0.3) is 11.4 Å². The maximum absolute atomic E-state index is 10.8. The second-order valence-corrected chi connectivity index (χ2v) is 7.10. The molecule has 0 saturated heterocycles. The first-order valence-corrected chi connectivity index (χ1v) is 9.29. The van der Waals surface area contributed by atoms with Gasteiger partial charge in [0, 0.05) is 41.3 Å². The number of aliphatic hydroxyl groups is 1. The van der Waals surface area contributed by atoms with Crippen LogP contribution in [0.2, 0.25) is 0 Å². The molecule has 3 aromatic rings. The van der Waals surface area contributed by atoms with Gasteiger partial charge in [0.2, 0.25) is 0 Å². The van der Waals surface area contributed by atoms with E-state index in [9.17, 15) is 25.3 Å². The molecular formula is C19H17N3O5S. The van der Waals surface area contributed by atoms with Crippen LogP contribution in [0.15, 0.2) is 66.0 Å². The second-order valence-electron chi connectivity index (χ2n) is 6.12. The number of rotatable bonds is 8. The fourth-order valence-corrected chi connectivity index (χ4v) is 3.58. The highest BCUT2D eigenvalue weighted by molar-refractivity contribution is 7.10. The maximum atomic E-state index is 10.8. The number of benzene rings is 2. The standard InChI is InChI=1S/C19H17N3O5S/c23-18(13-3-7-15(8-4-13)21(24)25)12-17(19-2-1-11-28-19)20-14-5-9-16(10-6-14)22(26)27/h1-11,17-18,20,23H,12H2/t17-,18-/m1/s1. The van der Waals surface area contributed by atoms with Crippen LogP contribution < -0.4 is 5.32 Å². The lowest BCUT2D eigenvalue weighted by molar-refractivity contribution is -0.385. The highest BCUT2D eigenvalue weighted by Crippen LogP contribution is 2.33. The van der Waals surface area contributed by atoms with Crippen LogP contribution in [0.5, 0.6) is 0 Å². The Hall–Kier alpha value is -3.30. The number of aliphatic hydroxyl groups excluding tert-OH is 1. The van der Waals surface area contributed by atoms with E-state index in [1.54, 1.807) is 24.3 Å². The Morgan fingerprint density at radius 2 is 1.50 bits per heavy atom. The Morgan fingerprint density at radius 1 is 0.929 bits per heavy atom. The van der Waals surface area contributed by atoms with Gasteiger partial charge < -0.3 is 10.4 Å². The summed E-state index contributed by atoms with van der Waals surface area (Å²) in [5, 5.41) is 37.4. The summed E-state index contributed by atoms with van der Waals surface area (Å²) in [6.07, 6.45) is -0.506. The number of nitrogens with one attached hydrogen (secondary N) is 1. The monoisotopic (exact) mass is 399 g/mol. The van der Waals surface area contributed by atoms with Crippen LogP contribution in [-0.2, 0) is 0 Å². The number of anilines is 1. The predicted octanol–water partition coefficient (Wildman–Crippen LogP) is 4.84. The fourth-order valence-electron chi connectivity index (χ4n) is 2.79. The molecule has 0 spiro atoms. The van der Waals surface area contributed by atoms with Crippen molar-refractivity contribution in [3.8, 4) is 0 Å². The number of nitro groups is 2. The van der Waals surface area contributed by atoms with Crippen molar-refractivity contribution in [1.29, 1.82) is 0 Å². The lowest BCUT2D eigenvalue weighted by atomic mass is 10.0. The molecule has 0 aliphatic carbocycles. The molecule has 0 fully saturated rings. The van der Waals surface area contributed by atoms with Gasteiger partial charge in [-0.25, -0.2) is 0 Å². The average Bonchev–Trinajstić information content (AvgIpc) is 3.22. The second kappa shape index (κ2) is 8.59. The summed E-state index contributed by atoms with van der Waals surface area (Å²) in [4.78, 5) is 21.6. The summed E-state index contributed by atoms with van der Waals surface area (Å²) in [6, 6.07) is 15.5.